The molecule has 2 nitrogen and oxygen atoms in total. The van der Waals surface area contributed by atoms with Crippen LogP contribution in [0.15, 0.2) is 60.7 Å². The molecule has 0 fully saturated rings. The largest absolute Gasteiger partial charge is 0.322 e. The molecule has 0 aliphatic rings. The highest BCUT2D eigenvalue weighted by molar-refractivity contribution is 7.74. The smallest absolute Gasteiger partial charge is 0.261 e. The molecule has 2 rings (SSSR count). The summed E-state index contributed by atoms with van der Waals surface area (Å²) in [5, 5.41) is 1.50. The highest BCUT2D eigenvalue weighted by atomic mass is 31.2. The van der Waals surface area contributed by atoms with Crippen molar-refractivity contribution in [3.63, 3.8) is 0 Å². The lowest BCUT2D eigenvalue weighted by Gasteiger charge is -2.20. The van der Waals surface area contributed by atoms with Crippen LogP contribution in [-0.4, -0.2) is 6.61 Å². The molecule has 0 saturated carbocycles. The fraction of sp³-hybridized carbons (Fsp3) is 0.250. The maximum absolute atomic E-state index is 13.3. The topological polar surface area (TPSA) is 26.3 Å². The Morgan fingerprint density at radius 2 is 1.32 bits per heavy atom. The molecular weight excluding hydrogens is 255 g/mol. The second kappa shape index (κ2) is 6.18. The molecule has 0 aromatic heterocycles. The van der Waals surface area contributed by atoms with Crippen molar-refractivity contribution in [1.29, 1.82) is 0 Å². The average molecular weight is 274 g/mol. The second-order valence-corrected chi connectivity index (χ2v) is 7.31. The van der Waals surface area contributed by atoms with Crippen molar-refractivity contribution in [1.82, 2.24) is 0 Å². The van der Waals surface area contributed by atoms with E-state index in [1.54, 1.807) is 0 Å². The Labute approximate surface area is 114 Å². The lowest BCUT2D eigenvalue weighted by atomic mass is 10.2. The average Bonchev–Trinajstić information content (AvgIpc) is 2.46. The van der Waals surface area contributed by atoms with Gasteiger partial charge < -0.3 is 4.52 Å². The lowest BCUT2D eigenvalue weighted by Crippen LogP contribution is -2.19. The van der Waals surface area contributed by atoms with Gasteiger partial charge in [-0.15, -0.1) is 0 Å². The Balaban J connectivity index is 2.42. The van der Waals surface area contributed by atoms with Gasteiger partial charge in [0.05, 0.1) is 6.61 Å². The van der Waals surface area contributed by atoms with E-state index in [0.29, 0.717) is 12.5 Å². The van der Waals surface area contributed by atoms with Crippen LogP contribution in [0.4, 0.5) is 0 Å². The highest BCUT2D eigenvalue weighted by Crippen LogP contribution is 2.44. The molecule has 0 bridgehead atoms. The van der Waals surface area contributed by atoms with Crippen LogP contribution in [0.5, 0.6) is 0 Å². The van der Waals surface area contributed by atoms with Gasteiger partial charge in [-0.1, -0.05) is 50.2 Å². The van der Waals surface area contributed by atoms with Gasteiger partial charge in [0.2, 0.25) is 0 Å². The molecule has 0 saturated heterocycles. The molecule has 3 heteroatoms. The van der Waals surface area contributed by atoms with E-state index < -0.39 is 7.37 Å². The van der Waals surface area contributed by atoms with E-state index in [2.05, 4.69) is 13.8 Å². The first-order valence-electron chi connectivity index (χ1n) is 6.49. The van der Waals surface area contributed by atoms with E-state index in [1.165, 1.54) is 0 Å². The van der Waals surface area contributed by atoms with Gasteiger partial charge in [-0.3, -0.25) is 4.57 Å². The van der Waals surface area contributed by atoms with Crippen LogP contribution in [0.1, 0.15) is 13.8 Å². The van der Waals surface area contributed by atoms with E-state index in [0.717, 1.165) is 10.6 Å². The third-order valence-corrected chi connectivity index (χ3v) is 5.25. The first kappa shape index (κ1) is 14.0. The van der Waals surface area contributed by atoms with Crippen LogP contribution in [0.2, 0.25) is 0 Å². The lowest BCUT2D eigenvalue weighted by molar-refractivity contribution is 0.281. The van der Waals surface area contributed by atoms with E-state index in [4.69, 9.17) is 4.52 Å². The minimum absolute atomic E-state index is 0.348. The zero-order valence-corrected chi connectivity index (χ0v) is 12.2. The molecule has 0 spiro atoms. The van der Waals surface area contributed by atoms with Crippen LogP contribution in [-0.2, 0) is 9.09 Å². The zero-order valence-electron chi connectivity index (χ0n) is 11.3. The molecule has 0 heterocycles. The number of hydrogen-bond donors (Lipinski definition) is 0. The Hall–Kier alpha value is -1.37. The van der Waals surface area contributed by atoms with Gasteiger partial charge in [0.15, 0.2) is 0 Å². The maximum atomic E-state index is 13.3. The van der Waals surface area contributed by atoms with Crippen molar-refractivity contribution in [3.8, 4) is 0 Å². The molecule has 0 aliphatic carbocycles. The van der Waals surface area contributed by atoms with Crippen molar-refractivity contribution in [2.45, 2.75) is 13.8 Å². The van der Waals surface area contributed by atoms with E-state index >= 15 is 0 Å². The number of rotatable bonds is 5. The van der Waals surface area contributed by atoms with E-state index in [-0.39, 0.29) is 0 Å². The predicted molar refractivity (Wildman–Crippen MR) is 80.5 cm³/mol. The summed E-state index contributed by atoms with van der Waals surface area (Å²) in [6.07, 6.45) is 0. The van der Waals surface area contributed by atoms with Crippen molar-refractivity contribution in [3.05, 3.63) is 60.7 Å². The summed E-state index contributed by atoms with van der Waals surface area (Å²) >= 11 is 0. The Kier molecular flexibility index (Phi) is 4.57. The predicted octanol–water partition coefficient (Wildman–Crippen LogP) is 3.59. The zero-order chi connectivity index (χ0) is 13.7. The SMILES string of the molecule is CC(C)COP(=O)(c1ccccc1)c1ccccc1. The minimum Gasteiger partial charge on any atom is -0.322 e. The van der Waals surface area contributed by atoms with Gasteiger partial charge in [-0.25, -0.2) is 0 Å². The molecule has 0 atom stereocenters. The summed E-state index contributed by atoms with van der Waals surface area (Å²) in [5.74, 6) is 0.348. The van der Waals surface area contributed by atoms with Gasteiger partial charge in [-0.05, 0) is 30.2 Å². The second-order valence-electron chi connectivity index (χ2n) is 4.91. The van der Waals surface area contributed by atoms with Gasteiger partial charge in [0.25, 0.3) is 7.37 Å². The van der Waals surface area contributed by atoms with Crippen molar-refractivity contribution < 1.29 is 9.09 Å². The summed E-state index contributed by atoms with van der Waals surface area (Å²) in [7, 11) is -2.98. The summed E-state index contributed by atoms with van der Waals surface area (Å²) < 4.78 is 19.1. The molecule has 0 unspecified atom stereocenters. The third-order valence-electron chi connectivity index (χ3n) is 2.78. The molecule has 0 aliphatic heterocycles. The quantitative estimate of drug-likeness (QED) is 0.779. The minimum atomic E-state index is -2.98. The highest BCUT2D eigenvalue weighted by Gasteiger charge is 2.28. The van der Waals surface area contributed by atoms with Crippen LogP contribution in [0, 0.1) is 5.92 Å². The van der Waals surface area contributed by atoms with Crippen molar-refractivity contribution >= 4 is 18.0 Å². The number of benzene rings is 2. The molecule has 100 valence electrons. The molecule has 0 N–H and O–H groups in total. The Morgan fingerprint density at radius 1 is 0.895 bits per heavy atom. The molecule has 0 amide bonds. The van der Waals surface area contributed by atoms with Crippen LogP contribution in [0.3, 0.4) is 0 Å². The van der Waals surface area contributed by atoms with Gasteiger partial charge in [0.1, 0.15) is 0 Å². The Bertz CT molecular complexity index is 506. The molecule has 0 radical (unpaired) electrons. The first-order valence-corrected chi connectivity index (χ1v) is 8.11. The fourth-order valence-corrected chi connectivity index (χ4v) is 4.03. The molecule has 19 heavy (non-hydrogen) atoms. The van der Waals surface area contributed by atoms with Crippen LogP contribution >= 0.6 is 7.37 Å². The Morgan fingerprint density at radius 3 is 1.68 bits per heavy atom. The normalized spacial score (nSPS) is 11.7. The van der Waals surface area contributed by atoms with Crippen LogP contribution in [0.25, 0.3) is 0 Å². The maximum Gasteiger partial charge on any atom is 0.261 e. The standard InChI is InChI=1S/C16H19O2P/c1-14(2)13-18-19(17,15-9-5-3-6-10-15)16-11-7-4-8-12-16/h3-12,14H,13H2,1-2H3. The van der Waals surface area contributed by atoms with E-state index in [1.807, 2.05) is 60.7 Å². The molecule has 2 aromatic carbocycles. The summed E-state index contributed by atoms with van der Waals surface area (Å²) in [4.78, 5) is 0. The van der Waals surface area contributed by atoms with Crippen molar-refractivity contribution in [2.24, 2.45) is 5.92 Å². The van der Waals surface area contributed by atoms with Crippen LogP contribution < -0.4 is 10.6 Å². The summed E-state index contributed by atoms with van der Waals surface area (Å²) in [5.41, 5.74) is 0. The first-order chi connectivity index (χ1) is 9.13. The van der Waals surface area contributed by atoms with Gasteiger partial charge >= 0.3 is 0 Å². The summed E-state index contributed by atoms with van der Waals surface area (Å²) in [6.45, 7) is 4.60. The van der Waals surface area contributed by atoms with Gasteiger partial charge in [-0.2, -0.15) is 0 Å². The number of hydrogen-bond acceptors (Lipinski definition) is 2. The van der Waals surface area contributed by atoms with Gasteiger partial charge in [0, 0.05) is 10.6 Å². The summed E-state index contributed by atoms with van der Waals surface area (Å²) in [6, 6.07) is 18.9. The van der Waals surface area contributed by atoms with E-state index in [9.17, 15) is 4.57 Å². The third kappa shape index (κ3) is 3.34. The molecule has 2 aromatic rings. The fourth-order valence-electron chi connectivity index (χ4n) is 1.80. The van der Waals surface area contributed by atoms with Crippen molar-refractivity contribution in [2.75, 3.05) is 6.61 Å². The molecular formula is C16H19O2P. The monoisotopic (exact) mass is 274 g/mol.